The molecule has 0 spiro atoms. The largest absolute Gasteiger partial charge is 0.353 e. The Morgan fingerprint density at radius 3 is 2.09 bits per heavy atom. The average molecular weight is 467 g/mol. The van der Waals surface area contributed by atoms with Crippen LogP contribution in [0.3, 0.4) is 0 Å². The molecule has 1 N–H and O–H groups in total. The van der Waals surface area contributed by atoms with Crippen LogP contribution in [0.5, 0.6) is 0 Å². The number of hydrogen-bond acceptors (Lipinski definition) is 2. The number of aryl methyl sites for hydroxylation is 1. The molecule has 1 aliphatic carbocycles. The Morgan fingerprint density at radius 2 is 1.62 bits per heavy atom. The maximum atomic E-state index is 13.5. The molecule has 0 unspecified atom stereocenters. The normalized spacial score (nSPS) is 13.6. The third kappa shape index (κ3) is 6.43. The van der Waals surface area contributed by atoms with Crippen molar-refractivity contribution in [1.82, 2.24) is 14.4 Å². The van der Waals surface area contributed by atoms with Crippen LogP contribution in [0, 0.1) is 5.92 Å². The molecule has 0 bridgehead atoms. The minimum atomic E-state index is -0.172. The number of carbonyl (C=O) groups is 2. The predicted octanol–water partition coefficient (Wildman–Crippen LogP) is 5.95. The number of aromatic nitrogens is 1. The number of anilines is 1. The minimum Gasteiger partial charge on any atom is -0.353 e. The summed E-state index contributed by atoms with van der Waals surface area (Å²) in [5.41, 5.74) is 4.25. The molecule has 1 heterocycles. The van der Waals surface area contributed by atoms with E-state index in [-0.39, 0.29) is 36.4 Å². The van der Waals surface area contributed by atoms with Crippen LogP contribution in [-0.4, -0.2) is 45.4 Å². The molecule has 6 heteroatoms. The van der Waals surface area contributed by atoms with Gasteiger partial charge in [-0.1, -0.05) is 59.7 Å². The summed E-state index contributed by atoms with van der Waals surface area (Å²) in [5.74, 6) is 0.922. The number of benzene rings is 1. The van der Waals surface area contributed by atoms with Gasteiger partial charge in [-0.05, 0) is 53.9 Å². The second-order valence-electron chi connectivity index (χ2n) is 10.7. The van der Waals surface area contributed by atoms with E-state index in [1.165, 1.54) is 0 Å². The summed E-state index contributed by atoms with van der Waals surface area (Å²) in [6, 6.07) is 10.2. The molecule has 2 aromatic rings. The van der Waals surface area contributed by atoms with E-state index >= 15 is 0 Å². The van der Waals surface area contributed by atoms with Gasteiger partial charge in [-0.15, -0.1) is 0 Å². The summed E-state index contributed by atoms with van der Waals surface area (Å²) in [6.07, 6.45) is 3.90. The van der Waals surface area contributed by atoms with Gasteiger partial charge in [0, 0.05) is 37.2 Å². The van der Waals surface area contributed by atoms with Gasteiger partial charge in [0.25, 0.3) is 0 Å². The van der Waals surface area contributed by atoms with Crippen LogP contribution < -0.4 is 5.32 Å². The van der Waals surface area contributed by atoms with Crippen LogP contribution in [0.2, 0.25) is 0 Å². The van der Waals surface area contributed by atoms with E-state index in [1.807, 2.05) is 34.8 Å². The summed E-state index contributed by atoms with van der Waals surface area (Å²) in [5, 5.41) is 3.22. The number of rotatable bonds is 10. The van der Waals surface area contributed by atoms with Crippen LogP contribution >= 0.6 is 0 Å². The summed E-state index contributed by atoms with van der Waals surface area (Å²) >= 11 is 0. The molecule has 1 fully saturated rings. The molecular weight excluding hydrogens is 424 g/mol. The zero-order chi connectivity index (χ0) is 25.0. The monoisotopic (exact) mass is 466 g/mol. The van der Waals surface area contributed by atoms with Crippen LogP contribution in [-0.2, 0) is 18.4 Å². The van der Waals surface area contributed by atoms with E-state index in [2.05, 4.69) is 65.1 Å². The zero-order valence-corrected chi connectivity index (χ0v) is 22.0. The Balaban J connectivity index is 1.80. The highest BCUT2D eigenvalue weighted by Gasteiger charge is 2.35. The highest BCUT2D eigenvalue weighted by atomic mass is 16.2. The molecule has 3 amide bonds. The van der Waals surface area contributed by atoms with Crippen molar-refractivity contribution < 1.29 is 9.59 Å². The molecule has 1 aromatic carbocycles. The maximum Gasteiger partial charge on any atom is 0.322 e. The number of nitrogens with one attached hydrogen (secondary N) is 1. The molecule has 1 aromatic heterocycles. The van der Waals surface area contributed by atoms with Gasteiger partial charge in [-0.3, -0.25) is 4.79 Å². The first kappa shape index (κ1) is 25.9. The molecule has 186 valence electrons. The number of amides is 3. The van der Waals surface area contributed by atoms with Crippen molar-refractivity contribution in [2.45, 2.75) is 78.8 Å². The van der Waals surface area contributed by atoms with E-state index in [9.17, 15) is 9.59 Å². The van der Waals surface area contributed by atoms with Gasteiger partial charge in [-0.2, -0.15) is 0 Å². The first-order valence-electron chi connectivity index (χ1n) is 12.7. The number of urea groups is 1. The molecule has 0 radical (unpaired) electrons. The Hall–Kier alpha value is -2.76. The molecule has 0 atom stereocenters. The van der Waals surface area contributed by atoms with Gasteiger partial charge in [-0.25, -0.2) is 4.79 Å². The Bertz CT molecular complexity index is 962. The van der Waals surface area contributed by atoms with Gasteiger partial charge in [0.15, 0.2) is 0 Å². The van der Waals surface area contributed by atoms with Crippen LogP contribution in [0.1, 0.15) is 83.0 Å². The standard InChI is InChI=1S/C28H42N4O2/c1-19(2)16-31(17-23-10-9-15-30(23)7)26(33)18-32(22-13-14-22)28(34)29-27-24(20(3)4)11-8-12-25(27)21(5)6/h8-12,15,19-22H,13-14,16-18H2,1-7H3,(H,29,34). The molecule has 0 saturated heterocycles. The van der Waals surface area contributed by atoms with Gasteiger partial charge in [0.1, 0.15) is 6.54 Å². The fourth-order valence-corrected chi connectivity index (χ4v) is 4.42. The van der Waals surface area contributed by atoms with Crippen molar-refractivity contribution in [3.63, 3.8) is 0 Å². The number of para-hydroxylation sites is 1. The molecule has 0 aliphatic heterocycles. The maximum absolute atomic E-state index is 13.5. The average Bonchev–Trinajstić information content (AvgIpc) is 3.52. The van der Waals surface area contributed by atoms with Gasteiger partial charge >= 0.3 is 6.03 Å². The lowest BCUT2D eigenvalue weighted by molar-refractivity contribution is -0.133. The minimum absolute atomic E-state index is 0.00169. The summed E-state index contributed by atoms with van der Waals surface area (Å²) in [4.78, 5) is 30.6. The van der Waals surface area contributed by atoms with Gasteiger partial charge in [0.05, 0.1) is 6.54 Å². The van der Waals surface area contributed by atoms with E-state index in [4.69, 9.17) is 0 Å². The van der Waals surface area contributed by atoms with Crippen LogP contribution in [0.4, 0.5) is 10.5 Å². The van der Waals surface area contributed by atoms with Gasteiger partial charge < -0.3 is 19.7 Å². The topological polar surface area (TPSA) is 57.6 Å². The second-order valence-corrected chi connectivity index (χ2v) is 10.7. The number of carbonyl (C=O) groups excluding carboxylic acids is 2. The van der Waals surface area contributed by atoms with Crippen molar-refractivity contribution in [2.24, 2.45) is 13.0 Å². The molecule has 1 aliphatic rings. The zero-order valence-electron chi connectivity index (χ0n) is 22.0. The van der Waals surface area contributed by atoms with Crippen molar-refractivity contribution in [3.05, 3.63) is 53.3 Å². The lowest BCUT2D eigenvalue weighted by atomic mass is 9.93. The fourth-order valence-electron chi connectivity index (χ4n) is 4.42. The first-order chi connectivity index (χ1) is 16.1. The smallest absolute Gasteiger partial charge is 0.322 e. The first-order valence-corrected chi connectivity index (χ1v) is 12.7. The fraction of sp³-hybridized carbons (Fsp3) is 0.571. The Labute approximate surface area is 205 Å². The van der Waals surface area contributed by atoms with Crippen LogP contribution in [0.15, 0.2) is 36.5 Å². The van der Waals surface area contributed by atoms with Crippen molar-refractivity contribution in [1.29, 1.82) is 0 Å². The van der Waals surface area contributed by atoms with Crippen LogP contribution in [0.25, 0.3) is 0 Å². The second kappa shape index (κ2) is 11.1. The summed E-state index contributed by atoms with van der Waals surface area (Å²) in [6.45, 7) is 14.1. The highest BCUT2D eigenvalue weighted by molar-refractivity contribution is 5.94. The third-order valence-electron chi connectivity index (χ3n) is 6.50. The SMILES string of the molecule is CC(C)CN(Cc1cccn1C)C(=O)CN(C(=O)Nc1c(C(C)C)cccc1C(C)C)C1CC1. The summed E-state index contributed by atoms with van der Waals surface area (Å²) < 4.78 is 2.04. The molecular formula is C28H42N4O2. The number of nitrogens with zero attached hydrogens (tertiary/aromatic N) is 3. The van der Waals surface area contributed by atoms with E-state index in [0.29, 0.717) is 19.0 Å². The molecule has 34 heavy (non-hydrogen) atoms. The highest BCUT2D eigenvalue weighted by Crippen LogP contribution is 2.34. The predicted molar refractivity (Wildman–Crippen MR) is 139 cm³/mol. The molecule has 6 nitrogen and oxygen atoms in total. The summed E-state index contributed by atoms with van der Waals surface area (Å²) in [7, 11) is 2.00. The van der Waals surface area contributed by atoms with Crippen molar-refractivity contribution in [3.8, 4) is 0 Å². The Morgan fingerprint density at radius 1 is 1.00 bits per heavy atom. The number of hydrogen-bond donors (Lipinski definition) is 1. The molecule has 3 rings (SSSR count). The van der Waals surface area contributed by atoms with Crippen molar-refractivity contribution in [2.75, 3.05) is 18.4 Å². The molecule has 1 saturated carbocycles. The van der Waals surface area contributed by atoms with Crippen molar-refractivity contribution >= 4 is 17.6 Å². The lowest BCUT2D eigenvalue weighted by Gasteiger charge is -2.30. The quantitative estimate of drug-likeness (QED) is 0.470. The van der Waals surface area contributed by atoms with E-state index in [1.54, 1.807) is 4.90 Å². The third-order valence-corrected chi connectivity index (χ3v) is 6.50. The Kier molecular flexibility index (Phi) is 8.45. The van der Waals surface area contributed by atoms with E-state index < -0.39 is 0 Å². The van der Waals surface area contributed by atoms with E-state index in [0.717, 1.165) is 35.3 Å². The lowest BCUT2D eigenvalue weighted by Crippen LogP contribution is -2.46. The van der Waals surface area contributed by atoms with Gasteiger partial charge in [0.2, 0.25) is 5.91 Å².